The molecule has 5 nitrogen and oxygen atoms in total. The van der Waals surface area contributed by atoms with Gasteiger partial charge < -0.3 is 5.32 Å². The summed E-state index contributed by atoms with van der Waals surface area (Å²) < 4.78 is 0. The normalized spacial score (nSPS) is 27.4. The van der Waals surface area contributed by atoms with Gasteiger partial charge in [-0.15, -0.1) is 0 Å². The quantitative estimate of drug-likeness (QED) is 0.806. The number of carbonyl (C=O) groups is 3. The van der Waals surface area contributed by atoms with E-state index in [1.165, 1.54) is 4.90 Å². The van der Waals surface area contributed by atoms with E-state index in [4.69, 9.17) is 0 Å². The Bertz CT molecular complexity index is 999. The number of aryl methyl sites for hydroxylation is 1. The molecule has 1 heterocycles. The van der Waals surface area contributed by atoms with Gasteiger partial charge in [-0.05, 0) is 86.4 Å². The van der Waals surface area contributed by atoms with Crippen LogP contribution in [0.5, 0.6) is 0 Å². The molecule has 5 heteroatoms. The second-order valence-corrected chi connectivity index (χ2v) is 8.65. The minimum Gasteiger partial charge on any atom is -0.322 e. The average Bonchev–Trinajstić information content (AvgIpc) is 3.39. The summed E-state index contributed by atoms with van der Waals surface area (Å²) in [6.07, 6.45) is 3.16. The largest absolute Gasteiger partial charge is 0.322 e. The molecule has 2 bridgehead atoms. The standard InChI is InChI=1S/C24H24N2O3/c1-13-4-3-5-19(14(13)2)25-22(27)15-8-10-18(11-9-15)26-23(28)20-16-6-7-17(12-16)21(20)24(26)29/h3-5,8-11,16-17,20-21H,6-7,12H2,1-2H3,(H,25,27)/t16-,17-,20-,21-/m0/s1. The first-order valence-corrected chi connectivity index (χ1v) is 10.3. The van der Waals surface area contributed by atoms with E-state index in [1.54, 1.807) is 24.3 Å². The van der Waals surface area contributed by atoms with Crippen LogP contribution in [0.15, 0.2) is 42.5 Å². The predicted octanol–water partition coefficient (Wildman–Crippen LogP) is 4.09. The van der Waals surface area contributed by atoms with E-state index in [2.05, 4.69) is 5.32 Å². The maximum atomic E-state index is 12.9. The fraction of sp³-hybridized carbons (Fsp3) is 0.375. The topological polar surface area (TPSA) is 66.5 Å². The number of amides is 3. The van der Waals surface area contributed by atoms with Gasteiger partial charge in [0.05, 0.1) is 17.5 Å². The highest BCUT2D eigenvalue weighted by Gasteiger charge is 2.61. The molecule has 2 saturated carbocycles. The van der Waals surface area contributed by atoms with Crippen LogP contribution in [0, 0.1) is 37.5 Å². The zero-order chi connectivity index (χ0) is 20.3. The molecule has 148 valence electrons. The molecule has 3 fully saturated rings. The SMILES string of the molecule is Cc1cccc(NC(=O)c2ccc(N3C(=O)[C@H]4[C@H]5CC[C@@H](C5)[C@@H]4C3=O)cc2)c1C. The first-order chi connectivity index (χ1) is 14.0. The lowest BCUT2D eigenvalue weighted by Gasteiger charge is -2.19. The fourth-order valence-corrected chi connectivity index (χ4v) is 5.51. The van der Waals surface area contributed by atoms with Crippen LogP contribution in [0.1, 0.15) is 40.7 Å². The van der Waals surface area contributed by atoms with E-state index in [9.17, 15) is 14.4 Å². The van der Waals surface area contributed by atoms with Crippen LogP contribution in [0.25, 0.3) is 0 Å². The van der Waals surface area contributed by atoms with Crippen molar-refractivity contribution in [2.24, 2.45) is 23.7 Å². The number of imide groups is 1. The number of fused-ring (bicyclic) bond motifs is 5. The Morgan fingerprint density at radius 1 is 0.931 bits per heavy atom. The molecule has 1 aliphatic heterocycles. The summed E-state index contributed by atoms with van der Waals surface area (Å²) in [7, 11) is 0. The average molecular weight is 388 g/mol. The molecule has 29 heavy (non-hydrogen) atoms. The van der Waals surface area contributed by atoms with Crippen molar-refractivity contribution < 1.29 is 14.4 Å². The lowest BCUT2D eigenvalue weighted by atomic mass is 9.81. The highest BCUT2D eigenvalue weighted by molar-refractivity contribution is 6.22. The maximum Gasteiger partial charge on any atom is 0.255 e. The summed E-state index contributed by atoms with van der Waals surface area (Å²) in [5.41, 5.74) is 3.99. The van der Waals surface area contributed by atoms with Crippen LogP contribution < -0.4 is 10.2 Å². The molecule has 0 spiro atoms. The van der Waals surface area contributed by atoms with E-state index >= 15 is 0 Å². The smallest absolute Gasteiger partial charge is 0.255 e. The zero-order valence-electron chi connectivity index (χ0n) is 16.6. The highest BCUT2D eigenvalue weighted by atomic mass is 16.2. The van der Waals surface area contributed by atoms with Crippen molar-refractivity contribution >= 4 is 29.1 Å². The summed E-state index contributed by atoms with van der Waals surface area (Å²) in [6.45, 7) is 3.98. The summed E-state index contributed by atoms with van der Waals surface area (Å²) in [4.78, 5) is 39.9. The Balaban J connectivity index is 1.35. The number of anilines is 2. The van der Waals surface area contributed by atoms with Gasteiger partial charge in [-0.3, -0.25) is 19.3 Å². The van der Waals surface area contributed by atoms with Crippen LogP contribution in [0.4, 0.5) is 11.4 Å². The molecule has 0 radical (unpaired) electrons. The van der Waals surface area contributed by atoms with Gasteiger partial charge in [0.25, 0.3) is 5.91 Å². The monoisotopic (exact) mass is 388 g/mol. The van der Waals surface area contributed by atoms with Crippen molar-refractivity contribution in [2.75, 3.05) is 10.2 Å². The molecule has 2 aliphatic carbocycles. The predicted molar refractivity (Wildman–Crippen MR) is 111 cm³/mol. The van der Waals surface area contributed by atoms with E-state index in [-0.39, 0.29) is 29.6 Å². The van der Waals surface area contributed by atoms with Crippen molar-refractivity contribution in [3.63, 3.8) is 0 Å². The number of carbonyl (C=O) groups excluding carboxylic acids is 3. The first-order valence-electron chi connectivity index (χ1n) is 10.3. The third-order valence-corrected chi connectivity index (χ3v) is 7.17. The molecule has 2 aromatic rings. The van der Waals surface area contributed by atoms with Gasteiger partial charge in [0.2, 0.25) is 11.8 Å². The number of rotatable bonds is 3. The third kappa shape index (κ3) is 2.71. The summed E-state index contributed by atoms with van der Waals surface area (Å²) >= 11 is 0. The minimum atomic E-state index is -0.209. The van der Waals surface area contributed by atoms with Gasteiger partial charge in [0, 0.05) is 11.3 Å². The number of benzene rings is 2. The Kier molecular flexibility index (Phi) is 4.09. The van der Waals surface area contributed by atoms with Crippen LogP contribution in [0.3, 0.4) is 0 Å². The first kappa shape index (κ1) is 18.1. The van der Waals surface area contributed by atoms with Gasteiger partial charge in [0.15, 0.2) is 0 Å². The van der Waals surface area contributed by atoms with Gasteiger partial charge in [-0.2, -0.15) is 0 Å². The molecule has 3 aliphatic rings. The van der Waals surface area contributed by atoms with Gasteiger partial charge in [-0.1, -0.05) is 12.1 Å². The number of nitrogens with one attached hydrogen (secondary N) is 1. The molecule has 1 saturated heterocycles. The van der Waals surface area contributed by atoms with Crippen LogP contribution >= 0.6 is 0 Å². The number of hydrogen-bond acceptors (Lipinski definition) is 3. The van der Waals surface area contributed by atoms with E-state index in [0.717, 1.165) is 36.1 Å². The molecule has 2 aromatic carbocycles. The summed E-state index contributed by atoms with van der Waals surface area (Å²) in [6, 6.07) is 12.6. The van der Waals surface area contributed by atoms with Gasteiger partial charge in [0.1, 0.15) is 0 Å². The second kappa shape index (κ2) is 6.55. The number of hydrogen-bond donors (Lipinski definition) is 1. The van der Waals surface area contributed by atoms with Crippen molar-refractivity contribution in [1.82, 2.24) is 0 Å². The lowest BCUT2D eigenvalue weighted by Crippen LogP contribution is -2.32. The molecular formula is C24H24N2O3. The summed E-state index contributed by atoms with van der Waals surface area (Å²) in [5.74, 6) is 0.156. The van der Waals surface area contributed by atoms with Gasteiger partial charge in [-0.25, -0.2) is 0 Å². The zero-order valence-corrected chi connectivity index (χ0v) is 16.6. The molecule has 5 rings (SSSR count). The van der Waals surface area contributed by atoms with Crippen molar-refractivity contribution in [1.29, 1.82) is 0 Å². The second-order valence-electron chi connectivity index (χ2n) is 8.65. The van der Waals surface area contributed by atoms with E-state index < -0.39 is 0 Å². The third-order valence-electron chi connectivity index (χ3n) is 7.17. The van der Waals surface area contributed by atoms with Crippen molar-refractivity contribution in [3.05, 3.63) is 59.2 Å². The Morgan fingerprint density at radius 3 is 2.17 bits per heavy atom. The van der Waals surface area contributed by atoms with E-state index in [1.807, 2.05) is 32.0 Å². The Hall–Kier alpha value is -2.95. The van der Waals surface area contributed by atoms with Crippen LogP contribution in [-0.4, -0.2) is 17.7 Å². The molecule has 3 amide bonds. The highest BCUT2D eigenvalue weighted by Crippen LogP contribution is 2.56. The molecule has 0 unspecified atom stereocenters. The fourth-order valence-electron chi connectivity index (χ4n) is 5.51. The van der Waals surface area contributed by atoms with Crippen LogP contribution in [0.2, 0.25) is 0 Å². The Labute approximate surface area is 170 Å². The number of nitrogens with zero attached hydrogens (tertiary/aromatic N) is 1. The maximum absolute atomic E-state index is 12.9. The molecule has 1 N–H and O–H groups in total. The van der Waals surface area contributed by atoms with Gasteiger partial charge >= 0.3 is 0 Å². The lowest BCUT2D eigenvalue weighted by molar-refractivity contribution is -0.123. The minimum absolute atomic E-state index is 0.0558. The van der Waals surface area contributed by atoms with Crippen LogP contribution in [-0.2, 0) is 9.59 Å². The molecule has 4 atom stereocenters. The van der Waals surface area contributed by atoms with E-state index in [0.29, 0.717) is 23.1 Å². The van der Waals surface area contributed by atoms with Crippen molar-refractivity contribution in [2.45, 2.75) is 33.1 Å². The van der Waals surface area contributed by atoms with Crippen molar-refractivity contribution in [3.8, 4) is 0 Å². The Morgan fingerprint density at radius 2 is 1.55 bits per heavy atom. The molecule has 0 aromatic heterocycles. The summed E-state index contributed by atoms with van der Waals surface area (Å²) in [5, 5.41) is 2.94. The molecular weight excluding hydrogens is 364 g/mol.